The highest BCUT2D eigenvalue weighted by atomic mass is 79.9. The molecule has 0 fully saturated rings. The number of rotatable bonds is 4. The highest BCUT2D eigenvalue weighted by molar-refractivity contribution is 9.10. The van der Waals surface area contributed by atoms with Crippen molar-refractivity contribution in [3.63, 3.8) is 0 Å². The minimum atomic E-state index is -0.207. The Hall–Kier alpha value is -1.19. The Morgan fingerprint density at radius 1 is 0.950 bits per heavy atom. The first-order chi connectivity index (χ1) is 9.56. The molecule has 0 radical (unpaired) electrons. The molecule has 2 aromatic carbocycles. The van der Waals surface area contributed by atoms with E-state index in [9.17, 15) is 0 Å². The van der Waals surface area contributed by atoms with Gasteiger partial charge in [0.2, 0.25) is 0 Å². The monoisotopic (exact) mass is 354 g/mol. The third kappa shape index (κ3) is 3.10. The molecule has 0 aliphatic heterocycles. The summed E-state index contributed by atoms with van der Waals surface area (Å²) in [7, 11) is 3.31. The van der Waals surface area contributed by atoms with Crippen molar-refractivity contribution in [1.82, 2.24) is 0 Å². The molecule has 2 rings (SSSR count). The molecule has 0 amide bonds. The summed E-state index contributed by atoms with van der Waals surface area (Å²) in [5.74, 6) is 1.66. The van der Waals surface area contributed by atoms with Crippen LogP contribution in [0.2, 0.25) is 0 Å². The van der Waals surface area contributed by atoms with Crippen molar-refractivity contribution >= 4 is 27.5 Å². The molecule has 106 valence electrons. The first kappa shape index (κ1) is 15.2. The van der Waals surface area contributed by atoms with Gasteiger partial charge in [0, 0.05) is 0 Å². The summed E-state index contributed by atoms with van der Waals surface area (Å²) in [4.78, 5) is 0. The summed E-state index contributed by atoms with van der Waals surface area (Å²) in [5.41, 5.74) is 3.13. The van der Waals surface area contributed by atoms with Crippen molar-refractivity contribution in [2.75, 3.05) is 14.2 Å². The van der Waals surface area contributed by atoms with E-state index < -0.39 is 0 Å². The third-order valence-electron chi connectivity index (χ3n) is 3.18. The molecule has 0 heterocycles. The second-order valence-electron chi connectivity index (χ2n) is 4.49. The molecular weight excluding hydrogens is 340 g/mol. The molecule has 20 heavy (non-hydrogen) atoms. The summed E-state index contributed by atoms with van der Waals surface area (Å²) in [5, 5.41) is -0.207. The maximum Gasteiger partial charge on any atom is 0.133 e. The Balaban J connectivity index is 2.33. The van der Waals surface area contributed by atoms with Gasteiger partial charge in [0.1, 0.15) is 11.5 Å². The van der Waals surface area contributed by atoms with Crippen LogP contribution >= 0.6 is 27.5 Å². The van der Waals surface area contributed by atoms with Crippen molar-refractivity contribution in [2.45, 2.75) is 12.3 Å². The van der Waals surface area contributed by atoms with Crippen LogP contribution in [-0.4, -0.2) is 14.2 Å². The van der Waals surface area contributed by atoms with Crippen LogP contribution in [-0.2, 0) is 0 Å². The molecule has 2 aromatic rings. The van der Waals surface area contributed by atoms with Crippen LogP contribution in [0.1, 0.15) is 22.1 Å². The van der Waals surface area contributed by atoms with Crippen molar-refractivity contribution in [3.05, 3.63) is 57.6 Å². The normalized spacial score (nSPS) is 12.1. The van der Waals surface area contributed by atoms with E-state index in [2.05, 4.69) is 22.0 Å². The highest BCUT2D eigenvalue weighted by Gasteiger charge is 2.14. The third-order valence-corrected chi connectivity index (χ3v) is 4.30. The zero-order chi connectivity index (χ0) is 14.7. The zero-order valence-corrected chi connectivity index (χ0v) is 14.0. The lowest BCUT2D eigenvalue weighted by Crippen LogP contribution is -1.96. The number of ether oxygens (including phenoxy) is 2. The Labute approximate surface area is 132 Å². The molecule has 1 atom stereocenters. The Kier molecular flexibility index (Phi) is 4.95. The molecule has 0 aliphatic carbocycles. The molecule has 1 unspecified atom stereocenters. The summed E-state index contributed by atoms with van der Waals surface area (Å²) in [6.07, 6.45) is 0. The number of hydrogen-bond donors (Lipinski definition) is 0. The second-order valence-corrected chi connectivity index (χ2v) is 5.78. The quantitative estimate of drug-likeness (QED) is 0.710. The first-order valence-electron chi connectivity index (χ1n) is 6.19. The van der Waals surface area contributed by atoms with E-state index in [4.69, 9.17) is 21.1 Å². The van der Waals surface area contributed by atoms with Crippen LogP contribution < -0.4 is 9.47 Å². The van der Waals surface area contributed by atoms with Crippen LogP contribution in [0, 0.1) is 6.92 Å². The van der Waals surface area contributed by atoms with Gasteiger partial charge in [0.25, 0.3) is 0 Å². The van der Waals surface area contributed by atoms with E-state index in [0.29, 0.717) is 0 Å². The van der Waals surface area contributed by atoms with Crippen LogP contribution in [0.25, 0.3) is 0 Å². The number of alkyl halides is 1. The molecule has 0 bridgehead atoms. The Bertz CT molecular complexity index is 560. The molecule has 2 nitrogen and oxygen atoms in total. The van der Waals surface area contributed by atoms with E-state index in [-0.39, 0.29) is 5.38 Å². The fourth-order valence-electron chi connectivity index (χ4n) is 2.09. The maximum absolute atomic E-state index is 6.56. The number of methoxy groups -OCH3 is 2. The molecule has 0 saturated heterocycles. The summed E-state index contributed by atoms with van der Waals surface area (Å²) >= 11 is 10.0. The van der Waals surface area contributed by atoms with Crippen LogP contribution in [0.15, 0.2) is 40.9 Å². The van der Waals surface area contributed by atoms with Gasteiger partial charge in [0.05, 0.1) is 24.1 Å². The van der Waals surface area contributed by atoms with Crippen molar-refractivity contribution in [3.8, 4) is 11.5 Å². The molecular formula is C16H16BrClO2. The van der Waals surface area contributed by atoms with E-state index in [1.165, 1.54) is 0 Å². The lowest BCUT2D eigenvalue weighted by atomic mass is 10.0. The van der Waals surface area contributed by atoms with Gasteiger partial charge in [-0.15, -0.1) is 11.6 Å². The van der Waals surface area contributed by atoms with Crippen molar-refractivity contribution in [1.29, 1.82) is 0 Å². The van der Waals surface area contributed by atoms with Gasteiger partial charge in [-0.05, 0) is 57.7 Å². The van der Waals surface area contributed by atoms with Gasteiger partial charge in [-0.25, -0.2) is 0 Å². The number of benzene rings is 2. The lowest BCUT2D eigenvalue weighted by Gasteiger charge is -2.14. The average Bonchev–Trinajstić information content (AvgIpc) is 2.46. The van der Waals surface area contributed by atoms with E-state index in [0.717, 1.165) is 32.7 Å². The fraction of sp³-hybridized carbons (Fsp3) is 0.250. The van der Waals surface area contributed by atoms with E-state index in [1.54, 1.807) is 14.2 Å². The molecule has 4 heteroatoms. The average molecular weight is 356 g/mol. The number of halogens is 2. The summed E-state index contributed by atoms with van der Waals surface area (Å²) in [6.45, 7) is 2.01. The van der Waals surface area contributed by atoms with Crippen LogP contribution in [0.5, 0.6) is 11.5 Å². The zero-order valence-electron chi connectivity index (χ0n) is 11.6. The highest BCUT2D eigenvalue weighted by Crippen LogP contribution is 2.35. The minimum Gasteiger partial charge on any atom is -0.496 e. The molecule has 0 N–H and O–H groups in total. The van der Waals surface area contributed by atoms with Crippen LogP contribution in [0.4, 0.5) is 0 Å². The van der Waals surface area contributed by atoms with Gasteiger partial charge < -0.3 is 9.47 Å². The molecule has 0 aromatic heterocycles. The van der Waals surface area contributed by atoms with Crippen molar-refractivity contribution in [2.24, 2.45) is 0 Å². The summed E-state index contributed by atoms with van der Waals surface area (Å²) < 4.78 is 11.4. The van der Waals surface area contributed by atoms with Crippen molar-refractivity contribution < 1.29 is 9.47 Å². The molecule has 0 spiro atoms. The van der Waals surface area contributed by atoms with Gasteiger partial charge in [-0.3, -0.25) is 0 Å². The predicted molar refractivity (Wildman–Crippen MR) is 86.1 cm³/mol. The topological polar surface area (TPSA) is 18.5 Å². The van der Waals surface area contributed by atoms with Gasteiger partial charge in [0.15, 0.2) is 0 Å². The number of hydrogen-bond acceptors (Lipinski definition) is 2. The molecule has 0 aliphatic rings. The lowest BCUT2D eigenvalue weighted by molar-refractivity contribution is 0.411. The Morgan fingerprint density at radius 2 is 1.50 bits per heavy atom. The minimum absolute atomic E-state index is 0.207. The largest absolute Gasteiger partial charge is 0.496 e. The standard InChI is InChI=1S/C16H16BrClO2/c1-10-8-11(4-6-14(10)19-2)16(18)12-5-7-15(20-3)13(17)9-12/h4-9,16H,1-3H3. The first-order valence-corrected chi connectivity index (χ1v) is 7.41. The number of aryl methyl sites for hydroxylation is 1. The van der Waals surface area contributed by atoms with Gasteiger partial charge in [-0.1, -0.05) is 18.2 Å². The van der Waals surface area contributed by atoms with Gasteiger partial charge in [-0.2, -0.15) is 0 Å². The van der Waals surface area contributed by atoms with E-state index in [1.807, 2.05) is 37.3 Å². The van der Waals surface area contributed by atoms with E-state index >= 15 is 0 Å². The second kappa shape index (κ2) is 6.51. The predicted octanol–water partition coefficient (Wildman–Crippen LogP) is 5.10. The van der Waals surface area contributed by atoms with Crippen LogP contribution in [0.3, 0.4) is 0 Å². The fourth-order valence-corrected chi connectivity index (χ4v) is 2.92. The van der Waals surface area contributed by atoms with Gasteiger partial charge >= 0.3 is 0 Å². The molecule has 0 saturated carbocycles. The Morgan fingerprint density at radius 3 is 2.00 bits per heavy atom. The SMILES string of the molecule is COc1ccc(C(Cl)c2ccc(OC)c(Br)c2)cc1C. The summed E-state index contributed by atoms with van der Waals surface area (Å²) in [6, 6.07) is 11.8. The smallest absolute Gasteiger partial charge is 0.133 e. The maximum atomic E-state index is 6.56.